The van der Waals surface area contributed by atoms with E-state index in [-0.39, 0.29) is 30.9 Å². The zero-order valence-electron chi connectivity index (χ0n) is 13.2. The number of nitrogens with one attached hydrogen (secondary N) is 1. The molecular weight excluding hydrogens is 323 g/mol. The van der Waals surface area contributed by atoms with Crippen LogP contribution in [0, 0.1) is 0 Å². The number of hydrogen-bond acceptors (Lipinski definition) is 4. The molecule has 0 aromatic heterocycles. The first kappa shape index (κ1) is 21.1. The van der Waals surface area contributed by atoms with E-state index in [0.29, 0.717) is 6.61 Å². The highest BCUT2D eigenvalue weighted by atomic mass is 35.5. The van der Waals surface area contributed by atoms with E-state index in [9.17, 15) is 0 Å². The third-order valence-electron chi connectivity index (χ3n) is 3.60. The molecule has 0 aliphatic carbocycles. The summed E-state index contributed by atoms with van der Waals surface area (Å²) >= 11 is 0. The van der Waals surface area contributed by atoms with E-state index < -0.39 is 0 Å². The van der Waals surface area contributed by atoms with Crippen LogP contribution in [0.3, 0.4) is 0 Å². The van der Waals surface area contributed by atoms with E-state index in [1.165, 1.54) is 5.56 Å². The predicted octanol–water partition coefficient (Wildman–Crippen LogP) is 3.07. The molecule has 6 heteroatoms. The predicted molar refractivity (Wildman–Crippen MR) is 96.0 cm³/mol. The molecule has 1 fully saturated rings. The fourth-order valence-corrected chi connectivity index (χ4v) is 2.60. The average molecular weight is 349 g/mol. The number of piperazine rings is 1. The second-order valence-corrected chi connectivity index (χ2v) is 4.81. The number of ether oxygens (including phenoxy) is 2. The molecule has 0 unspecified atom stereocenters. The number of methoxy groups -OCH3 is 1. The molecule has 1 aliphatic heterocycles. The summed E-state index contributed by atoms with van der Waals surface area (Å²) in [7, 11) is 1.67. The molecule has 4 nitrogen and oxygen atoms in total. The minimum atomic E-state index is 0. The first-order valence-corrected chi connectivity index (χ1v) is 7.18. The van der Waals surface area contributed by atoms with E-state index >= 15 is 0 Å². The normalized spacial score (nSPS) is 15.9. The van der Waals surface area contributed by atoms with Gasteiger partial charge in [0.25, 0.3) is 0 Å². The Bertz CT molecular complexity index is 452. The monoisotopic (exact) mass is 348 g/mol. The third-order valence-corrected chi connectivity index (χ3v) is 3.60. The van der Waals surface area contributed by atoms with Crippen LogP contribution in [0.4, 0.5) is 0 Å². The van der Waals surface area contributed by atoms with Gasteiger partial charge in [0.1, 0.15) is 0 Å². The lowest BCUT2D eigenvalue weighted by atomic mass is 10.0. The lowest BCUT2D eigenvalue weighted by molar-refractivity contribution is 0.203. The van der Waals surface area contributed by atoms with Crippen molar-refractivity contribution in [1.82, 2.24) is 10.2 Å². The maximum absolute atomic E-state index is 5.66. The molecule has 1 N–H and O–H groups in total. The summed E-state index contributed by atoms with van der Waals surface area (Å²) in [5, 5.41) is 3.37. The van der Waals surface area contributed by atoms with E-state index in [2.05, 4.69) is 28.9 Å². The van der Waals surface area contributed by atoms with Gasteiger partial charge in [0.2, 0.25) is 0 Å². The van der Waals surface area contributed by atoms with Crippen LogP contribution in [-0.2, 0) is 0 Å². The van der Waals surface area contributed by atoms with Gasteiger partial charge in [-0.1, -0.05) is 12.1 Å². The van der Waals surface area contributed by atoms with Crippen LogP contribution in [0.15, 0.2) is 30.9 Å². The highest BCUT2D eigenvalue weighted by Gasteiger charge is 2.20. The van der Waals surface area contributed by atoms with Crippen molar-refractivity contribution in [2.45, 2.75) is 13.0 Å². The second kappa shape index (κ2) is 10.7. The van der Waals surface area contributed by atoms with Crippen molar-refractivity contribution in [2.75, 3.05) is 39.9 Å². The van der Waals surface area contributed by atoms with Crippen molar-refractivity contribution in [3.63, 3.8) is 0 Å². The van der Waals surface area contributed by atoms with Gasteiger partial charge in [-0.3, -0.25) is 4.90 Å². The second-order valence-electron chi connectivity index (χ2n) is 4.81. The Labute approximate surface area is 145 Å². The van der Waals surface area contributed by atoms with Crippen LogP contribution in [0.1, 0.15) is 18.5 Å². The molecule has 1 aromatic rings. The fourth-order valence-electron chi connectivity index (χ4n) is 2.60. The largest absolute Gasteiger partial charge is 0.493 e. The van der Waals surface area contributed by atoms with Gasteiger partial charge < -0.3 is 14.8 Å². The zero-order chi connectivity index (χ0) is 14.4. The SMILES string of the molecule is C=C[C@@H](c1ccc(OC)c(OCC)c1)N1CCNCC1.Cl.Cl. The molecule has 1 heterocycles. The van der Waals surface area contributed by atoms with Gasteiger partial charge in [0, 0.05) is 26.2 Å². The molecule has 0 saturated carbocycles. The van der Waals surface area contributed by atoms with E-state index in [1.54, 1.807) is 7.11 Å². The highest BCUT2D eigenvalue weighted by molar-refractivity contribution is 5.85. The Morgan fingerprint density at radius 3 is 2.50 bits per heavy atom. The maximum Gasteiger partial charge on any atom is 0.161 e. The molecular formula is C16H26Cl2N2O2. The minimum Gasteiger partial charge on any atom is -0.493 e. The van der Waals surface area contributed by atoms with Crippen LogP contribution >= 0.6 is 24.8 Å². The molecule has 0 radical (unpaired) electrons. The average Bonchev–Trinajstić information content (AvgIpc) is 2.50. The smallest absolute Gasteiger partial charge is 0.161 e. The molecule has 1 aromatic carbocycles. The van der Waals surface area contributed by atoms with Crippen LogP contribution in [-0.4, -0.2) is 44.8 Å². The van der Waals surface area contributed by atoms with Gasteiger partial charge in [0.15, 0.2) is 11.5 Å². The minimum absolute atomic E-state index is 0. The van der Waals surface area contributed by atoms with Gasteiger partial charge in [0.05, 0.1) is 19.8 Å². The summed E-state index contributed by atoms with van der Waals surface area (Å²) in [6, 6.07) is 6.35. The van der Waals surface area contributed by atoms with Gasteiger partial charge in [-0.15, -0.1) is 31.4 Å². The van der Waals surface area contributed by atoms with Gasteiger partial charge in [-0.05, 0) is 24.6 Å². The number of nitrogens with zero attached hydrogens (tertiary/aromatic N) is 1. The fraction of sp³-hybridized carbons (Fsp3) is 0.500. The Balaban J connectivity index is 0.00000220. The van der Waals surface area contributed by atoms with E-state index in [0.717, 1.165) is 37.7 Å². The Morgan fingerprint density at radius 1 is 1.27 bits per heavy atom. The van der Waals surface area contributed by atoms with Crippen LogP contribution in [0.25, 0.3) is 0 Å². The lowest BCUT2D eigenvalue weighted by Gasteiger charge is -2.33. The number of rotatable bonds is 6. The summed E-state index contributed by atoms with van der Waals surface area (Å²) in [6.45, 7) is 10.7. The van der Waals surface area contributed by atoms with E-state index in [4.69, 9.17) is 9.47 Å². The highest BCUT2D eigenvalue weighted by Crippen LogP contribution is 2.32. The zero-order valence-corrected chi connectivity index (χ0v) is 14.8. The third kappa shape index (κ3) is 5.06. The quantitative estimate of drug-likeness (QED) is 0.801. The molecule has 2 rings (SSSR count). The van der Waals surface area contributed by atoms with Crippen molar-refractivity contribution < 1.29 is 9.47 Å². The standard InChI is InChI=1S/C16H24N2O2.2ClH/c1-4-14(18-10-8-17-9-11-18)13-6-7-15(19-3)16(12-13)20-5-2;;/h4,6-7,12,14,17H,1,5,8-11H2,2-3H3;2*1H/t14-;;/m0../s1. The Hall–Kier alpha value is -0.940. The molecule has 22 heavy (non-hydrogen) atoms. The summed E-state index contributed by atoms with van der Waals surface area (Å²) < 4.78 is 11.0. The number of hydrogen-bond donors (Lipinski definition) is 1. The summed E-state index contributed by atoms with van der Waals surface area (Å²) in [6.07, 6.45) is 2.00. The van der Waals surface area contributed by atoms with Gasteiger partial charge in [-0.25, -0.2) is 0 Å². The molecule has 0 bridgehead atoms. The summed E-state index contributed by atoms with van der Waals surface area (Å²) in [5.41, 5.74) is 1.20. The number of benzene rings is 1. The van der Waals surface area contributed by atoms with Crippen molar-refractivity contribution in [3.8, 4) is 11.5 Å². The van der Waals surface area contributed by atoms with Crippen LogP contribution < -0.4 is 14.8 Å². The molecule has 1 saturated heterocycles. The maximum atomic E-state index is 5.66. The van der Waals surface area contributed by atoms with Crippen molar-refractivity contribution in [3.05, 3.63) is 36.4 Å². The summed E-state index contributed by atoms with van der Waals surface area (Å²) in [4.78, 5) is 2.43. The topological polar surface area (TPSA) is 33.7 Å². The molecule has 0 amide bonds. The molecule has 1 aliphatic rings. The van der Waals surface area contributed by atoms with E-state index in [1.807, 2.05) is 19.1 Å². The first-order valence-electron chi connectivity index (χ1n) is 7.18. The van der Waals surface area contributed by atoms with Crippen molar-refractivity contribution in [2.24, 2.45) is 0 Å². The summed E-state index contributed by atoms with van der Waals surface area (Å²) in [5.74, 6) is 1.58. The lowest BCUT2D eigenvalue weighted by Crippen LogP contribution is -2.44. The molecule has 0 spiro atoms. The first-order chi connectivity index (χ1) is 9.80. The molecule has 126 valence electrons. The molecule has 1 atom stereocenters. The van der Waals surface area contributed by atoms with Crippen molar-refractivity contribution in [1.29, 1.82) is 0 Å². The number of halogens is 2. The van der Waals surface area contributed by atoms with Crippen molar-refractivity contribution >= 4 is 24.8 Å². The Kier molecular flexibility index (Phi) is 10.3. The van der Waals surface area contributed by atoms with Crippen LogP contribution in [0.5, 0.6) is 11.5 Å². The van der Waals surface area contributed by atoms with Gasteiger partial charge in [-0.2, -0.15) is 0 Å². The van der Waals surface area contributed by atoms with Crippen LogP contribution in [0.2, 0.25) is 0 Å². The Morgan fingerprint density at radius 2 is 1.95 bits per heavy atom. The van der Waals surface area contributed by atoms with Gasteiger partial charge >= 0.3 is 0 Å².